The Morgan fingerprint density at radius 2 is 1.80 bits per heavy atom. The molecular weight excluding hydrogens is 384 g/mol. The molecule has 1 unspecified atom stereocenters. The first-order valence-electron chi connectivity index (χ1n) is 11.0. The molecule has 4 N–H and O–H groups in total. The van der Waals surface area contributed by atoms with Gasteiger partial charge in [-0.05, 0) is 32.3 Å². The van der Waals surface area contributed by atoms with Crippen LogP contribution in [0.3, 0.4) is 0 Å². The summed E-state index contributed by atoms with van der Waals surface area (Å²) >= 11 is 0. The van der Waals surface area contributed by atoms with Crippen molar-refractivity contribution in [2.24, 2.45) is 0 Å². The minimum atomic E-state index is -0.707. The van der Waals surface area contributed by atoms with Crippen LogP contribution >= 0.6 is 0 Å². The van der Waals surface area contributed by atoms with Crippen LogP contribution < -0.4 is 10.1 Å². The molecule has 1 fully saturated rings. The summed E-state index contributed by atoms with van der Waals surface area (Å²) in [5.74, 6) is 0.852. The zero-order valence-corrected chi connectivity index (χ0v) is 18.7. The first-order valence-corrected chi connectivity index (χ1v) is 11.0. The number of hydrogen-bond donors (Lipinski definition) is 4. The number of fused-ring (bicyclic) bond motifs is 1. The van der Waals surface area contributed by atoms with Crippen molar-refractivity contribution in [3.8, 4) is 5.88 Å². The van der Waals surface area contributed by atoms with E-state index in [0.29, 0.717) is 22.7 Å². The van der Waals surface area contributed by atoms with Gasteiger partial charge in [0.15, 0.2) is 0 Å². The average Bonchev–Trinajstić information content (AvgIpc) is 2.79. The maximum Gasteiger partial charge on any atom is 0.224 e. The Bertz CT molecular complexity index is 707. The van der Waals surface area contributed by atoms with Gasteiger partial charge in [-0.2, -0.15) is 0 Å². The van der Waals surface area contributed by atoms with E-state index in [1.165, 1.54) is 19.3 Å². The molecular formula is C22H38N4O4. The molecule has 8 heteroatoms. The van der Waals surface area contributed by atoms with Crippen molar-refractivity contribution in [2.75, 3.05) is 18.5 Å². The van der Waals surface area contributed by atoms with Crippen molar-refractivity contribution in [2.45, 2.75) is 84.5 Å². The van der Waals surface area contributed by atoms with Crippen molar-refractivity contribution in [1.82, 2.24) is 15.0 Å². The second-order valence-electron chi connectivity index (χ2n) is 7.09. The van der Waals surface area contributed by atoms with E-state index >= 15 is 0 Å². The molecule has 30 heavy (non-hydrogen) atoms. The van der Waals surface area contributed by atoms with Gasteiger partial charge in [-0.25, -0.2) is 15.0 Å². The van der Waals surface area contributed by atoms with Crippen LogP contribution in [0.2, 0.25) is 0 Å². The van der Waals surface area contributed by atoms with Crippen molar-refractivity contribution >= 4 is 16.9 Å². The van der Waals surface area contributed by atoms with E-state index in [2.05, 4.69) is 34.1 Å². The summed E-state index contributed by atoms with van der Waals surface area (Å²) in [6.45, 7) is 7.56. The Morgan fingerprint density at radius 3 is 2.33 bits per heavy atom. The van der Waals surface area contributed by atoms with Crippen molar-refractivity contribution in [1.29, 1.82) is 0 Å². The van der Waals surface area contributed by atoms with Crippen LogP contribution in [0, 0.1) is 0 Å². The highest BCUT2D eigenvalue weighted by Crippen LogP contribution is 2.23. The largest absolute Gasteiger partial charge is 0.469 e. The molecule has 0 bridgehead atoms. The third kappa shape index (κ3) is 8.77. The van der Waals surface area contributed by atoms with Crippen LogP contribution in [0.15, 0.2) is 18.5 Å². The topological polar surface area (TPSA) is 121 Å². The Labute approximate surface area is 179 Å². The fraction of sp³-hybridized carbons (Fsp3) is 0.682. The predicted molar refractivity (Wildman–Crippen MR) is 120 cm³/mol. The zero-order valence-electron chi connectivity index (χ0n) is 18.7. The van der Waals surface area contributed by atoms with E-state index in [1.54, 1.807) is 18.5 Å². The first kappa shape index (κ1) is 26.0. The number of nitrogens with one attached hydrogen (secondary N) is 1. The minimum absolute atomic E-state index is 0.0359. The van der Waals surface area contributed by atoms with Gasteiger partial charge in [0.1, 0.15) is 6.10 Å². The molecule has 1 aliphatic carbocycles. The predicted octanol–water partition coefficient (Wildman–Crippen LogP) is 3.30. The van der Waals surface area contributed by atoms with Crippen LogP contribution in [0.5, 0.6) is 5.88 Å². The van der Waals surface area contributed by atoms with Crippen molar-refractivity contribution in [3.63, 3.8) is 0 Å². The monoisotopic (exact) mass is 422 g/mol. The Hall–Kier alpha value is -2.03. The molecule has 1 saturated carbocycles. The van der Waals surface area contributed by atoms with E-state index in [0.717, 1.165) is 19.3 Å². The standard InChI is InChI=1S/C14H20N4O3.C6H12O.C2H6/c1-3-9(2)17-14-16-6-11-12(18-14)4-5-15-13(11)21-10(7-19)8-20;7-6-4-2-1-3-5-6;1-2/h4-6,9-10,19-20H,3,7-8H2,1-2H3,(H,16,17,18);6-7H,1-5H2;1-2H3. The van der Waals surface area contributed by atoms with Gasteiger partial charge in [0.25, 0.3) is 0 Å². The van der Waals surface area contributed by atoms with Gasteiger partial charge in [0.05, 0.1) is 30.2 Å². The van der Waals surface area contributed by atoms with Crippen LogP contribution in [0.1, 0.15) is 66.2 Å². The lowest BCUT2D eigenvalue weighted by Crippen LogP contribution is -2.25. The summed E-state index contributed by atoms with van der Waals surface area (Å²) in [6.07, 6.45) is 9.39. The molecule has 0 aliphatic heterocycles. The average molecular weight is 423 g/mol. The smallest absolute Gasteiger partial charge is 0.224 e. The van der Waals surface area contributed by atoms with Crippen LogP contribution in [-0.2, 0) is 0 Å². The van der Waals surface area contributed by atoms with E-state index in [1.807, 2.05) is 13.8 Å². The highest BCUT2D eigenvalue weighted by atomic mass is 16.5. The molecule has 2 aromatic rings. The summed E-state index contributed by atoms with van der Waals surface area (Å²) in [6, 6.07) is 2.05. The lowest BCUT2D eigenvalue weighted by Gasteiger charge is -2.15. The number of nitrogens with zero attached hydrogens (tertiary/aromatic N) is 3. The van der Waals surface area contributed by atoms with Crippen molar-refractivity contribution < 1.29 is 20.1 Å². The van der Waals surface area contributed by atoms with Gasteiger partial charge >= 0.3 is 0 Å². The molecule has 8 nitrogen and oxygen atoms in total. The van der Waals surface area contributed by atoms with Gasteiger partial charge in [-0.3, -0.25) is 0 Å². The second kappa shape index (κ2) is 14.9. The molecule has 2 aromatic heterocycles. The van der Waals surface area contributed by atoms with E-state index in [9.17, 15) is 0 Å². The molecule has 2 heterocycles. The van der Waals surface area contributed by atoms with Gasteiger partial charge in [-0.15, -0.1) is 0 Å². The summed E-state index contributed by atoms with van der Waals surface area (Å²) < 4.78 is 5.46. The number of aliphatic hydroxyl groups excluding tert-OH is 3. The highest BCUT2D eigenvalue weighted by Gasteiger charge is 2.13. The lowest BCUT2D eigenvalue weighted by molar-refractivity contribution is 0.0608. The normalized spacial score (nSPS) is 14.9. The summed E-state index contributed by atoms with van der Waals surface area (Å²) in [5, 5.41) is 30.9. The third-order valence-corrected chi connectivity index (χ3v) is 4.72. The van der Waals surface area contributed by atoms with Crippen LogP contribution in [0.25, 0.3) is 10.9 Å². The number of hydrogen-bond acceptors (Lipinski definition) is 8. The molecule has 0 spiro atoms. The molecule has 3 rings (SSSR count). The number of pyridine rings is 1. The van der Waals surface area contributed by atoms with Crippen LogP contribution in [0.4, 0.5) is 5.95 Å². The SMILES string of the molecule is CC.CCC(C)Nc1ncc2c(OC(CO)CO)nccc2n1.OC1CCCCC1. The lowest BCUT2D eigenvalue weighted by atomic mass is 9.98. The Kier molecular flexibility index (Phi) is 12.9. The fourth-order valence-corrected chi connectivity index (χ4v) is 2.79. The number of anilines is 1. The molecule has 0 amide bonds. The first-order chi connectivity index (χ1) is 14.6. The van der Waals surface area contributed by atoms with Gasteiger partial charge in [0.2, 0.25) is 11.8 Å². The Balaban J connectivity index is 0.000000418. The summed E-state index contributed by atoms with van der Waals surface area (Å²) in [5.41, 5.74) is 0.690. The molecule has 0 saturated heterocycles. The Morgan fingerprint density at radius 1 is 1.13 bits per heavy atom. The second-order valence-corrected chi connectivity index (χ2v) is 7.09. The third-order valence-electron chi connectivity index (χ3n) is 4.72. The number of aliphatic hydroxyl groups is 3. The summed E-state index contributed by atoms with van der Waals surface area (Å²) in [4.78, 5) is 12.8. The fourth-order valence-electron chi connectivity index (χ4n) is 2.79. The minimum Gasteiger partial charge on any atom is -0.469 e. The van der Waals surface area contributed by atoms with Crippen molar-refractivity contribution in [3.05, 3.63) is 18.5 Å². The number of aromatic nitrogens is 3. The molecule has 170 valence electrons. The van der Waals surface area contributed by atoms with Crippen LogP contribution in [-0.4, -0.2) is 61.7 Å². The maximum atomic E-state index is 9.08. The van der Waals surface area contributed by atoms with Gasteiger partial charge < -0.3 is 25.4 Å². The molecule has 0 aromatic carbocycles. The van der Waals surface area contributed by atoms with E-state index in [4.69, 9.17) is 20.1 Å². The molecule has 0 radical (unpaired) electrons. The molecule has 1 aliphatic rings. The van der Waals surface area contributed by atoms with E-state index < -0.39 is 6.10 Å². The highest BCUT2D eigenvalue weighted by molar-refractivity contribution is 5.83. The number of rotatable bonds is 7. The quantitative estimate of drug-likeness (QED) is 0.536. The zero-order chi connectivity index (χ0) is 22.4. The van der Waals surface area contributed by atoms with Gasteiger partial charge in [0, 0.05) is 18.4 Å². The van der Waals surface area contributed by atoms with E-state index in [-0.39, 0.29) is 25.4 Å². The summed E-state index contributed by atoms with van der Waals surface area (Å²) in [7, 11) is 0. The molecule has 1 atom stereocenters. The number of ether oxygens (including phenoxy) is 1. The van der Waals surface area contributed by atoms with Gasteiger partial charge in [-0.1, -0.05) is 40.0 Å². The maximum absolute atomic E-state index is 9.08.